The van der Waals surface area contributed by atoms with Gasteiger partial charge in [0.2, 0.25) is 0 Å². The highest BCUT2D eigenvalue weighted by Gasteiger charge is 2.28. The molecule has 0 amide bonds. The molecule has 2 atom stereocenters. The Bertz CT molecular complexity index is 339. The lowest BCUT2D eigenvalue weighted by atomic mass is 10.1. The van der Waals surface area contributed by atoms with E-state index in [2.05, 4.69) is 39.6 Å². The lowest BCUT2D eigenvalue weighted by molar-refractivity contribution is 0.0475. The van der Waals surface area contributed by atoms with E-state index in [-0.39, 0.29) is 0 Å². The Morgan fingerprint density at radius 2 is 2.53 bits per heavy atom. The summed E-state index contributed by atoms with van der Waals surface area (Å²) in [6.07, 6.45) is 1.45. The van der Waals surface area contributed by atoms with Crippen molar-refractivity contribution in [1.82, 2.24) is 5.32 Å². The van der Waals surface area contributed by atoms with Crippen LogP contribution in [0.5, 0.6) is 0 Å². The third kappa shape index (κ3) is 3.70. The van der Waals surface area contributed by atoms with Crippen molar-refractivity contribution in [3.05, 3.63) is 20.8 Å². The predicted octanol–water partition coefficient (Wildman–Crippen LogP) is 3.68. The van der Waals surface area contributed by atoms with Gasteiger partial charge in [-0.25, -0.2) is 0 Å². The molecule has 1 aromatic rings. The normalized spacial score (nSPS) is 22.6. The first kappa shape index (κ1) is 13.9. The number of nitrogens with one attached hydrogen (secondary N) is 1. The lowest BCUT2D eigenvalue weighted by Crippen LogP contribution is -2.38. The molecule has 5 heteroatoms. The summed E-state index contributed by atoms with van der Waals surface area (Å²) in [5.74, 6) is 2.22. The maximum absolute atomic E-state index is 5.92. The van der Waals surface area contributed by atoms with E-state index in [1.807, 2.05) is 11.8 Å². The predicted molar refractivity (Wildman–Crippen MR) is 80.1 cm³/mol. The van der Waals surface area contributed by atoms with Crippen LogP contribution >= 0.6 is 39.0 Å². The Hall–Kier alpha value is 0.450. The van der Waals surface area contributed by atoms with E-state index < -0.39 is 0 Å². The van der Waals surface area contributed by atoms with Crippen molar-refractivity contribution in [3.63, 3.8) is 0 Å². The van der Waals surface area contributed by atoms with Gasteiger partial charge in [0.1, 0.15) is 0 Å². The largest absolute Gasteiger partial charge is 0.374 e. The van der Waals surface area contributed by atoms with Crippen molar-refractivity contribution in [2.45, 2.75) is 25.5 Å². The van der Waals surface area contributed by atoms with E-state index in [0.29, 0.717) is 12.1 Å². The Labute approximate surface area is 120 Å². The number of rotatable bonds is 5. The third-order valence-corrected chi connectivity index (χ3v) is 5.73. The summed E-state index contributed by atoms with van der Waals surface area (Å²) in [6, 6.07) is 2.45. The monoisotopic (exact) mass is 335 g/mol. The van der Waals surface area contributed by atoms with Gasteiger partial charge in [0.15, 0.2) is 0 Å². The molecule has 17 heavy (non-hydrogen) atoms. The number of halogens is 1. The van der Waals surface area contributed by atoms with Crippen molar-refractivity contribution in [2.24, 2.45) is 0 Å². The molecule has 2 heterocycles. The fourth-order valence-electron chi connectivity index (χ4n) is 1.92. The minimum atomic E-state index is 0.301. The summed E-state index contributed by atoms with van der Waals surface area (Å²) in [5.41, 5.74) is 0. The maximum Gasteiger partial charge on any atom is 0.0868 e. The molecule has 0 saturated carbocycles. The standard InChI is InChI=1S/C12H18BrNOS2/c1-2-4-14-11(10-8-16-7-5-15-10)12-9(13)3-6-17-12/h3,6,10-11,14H,2,4-5,7-8H2,1H3. The molecule has 1 aliphatic heterocycles. The number of ether oxygens (including phenoxy) is 1. The van der Waals surface area contributed by atoms with Gasteiger partial charge >= 0.3 is 0 Å². The number of hydrogen-bond donors (Lipinski definition) is 1. The molecule has 1 fully saturated rings. The smallest absolute Gasteiger partial charge is 0.0868 e. The Kier molecular flexibility index (Phi) is 5.83. The molecule has 1 N–H and O–H groups in total. The van der Waals surface area contributed by atoms with Gasteiger partial charge in [0.25, 0.3) is 0 Å². The van der Waals surface area contributed by atoms with Crippen molar-refractivity contribution < 1.29 is 4.74 Å². The van der Waals surface area contributed by atoms with Gasteiger partial charge < -0.3 is 10.1 Å². The topological polar surface area (TPSA) is 21.3 Å². The van der Waals surface area contributed by atoms with Crippen LogP contribution in [0.1, 0.15) is 24.3 Å². The molecule has 1 aromatic heterocycles. The molecule has 0 radical (unpaired) electrons. The fraction of sp³-hybridized carbons (Fsp3) is 0.667. The second-order valence-corrected chi connectivity index (χ2v) is 7.00. The van der Waals surface area contributed by atoms with Crippen LogP contribution in [0.15, 0.2) is 15.9 Å². The summed E-state index contributed by atoms with van der Waals surface area (Å²) in [5, 5.41) is 5.76. The van der Waals surface area contributed by atoms with E-state index in [9.17, 15) is 0 Å². The molecular formula is C12H18BrNOS2. The first-order chi connectivity index (χ1) is 8.33. The van der Waals surface area contributed by atoms with Crippen molar-refractivity contribution >= 4 is 39.0 Å². The fourth-order valence-corrected chi connectivity index (χ4v) is 4.57. The van der Waals surface area contributed by atoms with Gasteiger partial charge in [-0.15, -0.1) is 11.3 Å². The molecule has 1 aliphatic rings. The molecule has 2 unspecified atom stereocenters. The van der Waals surface area contributed by atoms with Gasteiger partial charge in [-0.05, 0) is 40.3 Å². The summed E-state index contributed by atoms with van der Waals surface area (Å²) < 4.78 is 7.12. The Morgan fingerprint density at radius 1 is 1.65 bits per heavy atom. The molecule has 96 valence electrons. The number of hydrogen-bond acceptors (Lipinski definition) is 4. The molecule has 2 rings (SSSR count). The quantitative estimate of drug-likeness (QED) is 0.886. The summed E-state index contributed by atoms with van der Waals surface area (Å²) in [4.78, 5) is 1.37. The lowest BCUT2D eigenvalue weighted by Gasteiger charge is -2.30. The van der Waals surface area contributed by atoms with Crippen LogP contribution in [0.3, 0.4) is 0 Å². The van der Waals surface area contributed by atoms with Crippen LogP contribution in [0.4, 0.5) is 0 Å². The Morgan fingerprint density at radius 3 is 3.12 bits per heavy atom. The van der Waals surface area contributed by atoms with Crippen LogP contribution in [0.25, 0.3) is 0 Å². The minimum Gasteiger partial charge on any atom is -0.374 e. The number of thiophene rings is 1. The van der Waals surface area contributed by atoms with Crippen LogP contribution in [-0.4, -0.2) is 30.8 Å². The highest BCUT2D eigenvalue weighted by atomic mass is 79.9. The van der Waals surface area contributed by atoms with E-state index in [1.54, 1.807) is 11.3 Å². The Balaban J connectivity index is 2.09. The zero-order valence-corrected chi connectivity index (χ0v) is 13.2. The van der Waals surface area contributed by atoms with Gasteiger partial charge in [0.05, 0.1) is 18.8 Å². The zero-order valence-electron chi connectivity index (χ0n) is 9.95. The third-order valence-electron chi connectivity index (χ3n) is 2.75. The van der Waals surface area contributed by atoms with E-state index in [1.165, 1.54) is 9.35 Å². The van der Waals surface area contributed by atoms with Crippen LogP contribution < -0.4 is 5.32 Å². The van der Waals surface area contributed by atoms with Gasteiger partial charge in [0, 0.05) is 20.9 Å². The average molecular weight is 336 g/mol. The van der Waals surface area contributed by atoms with Crippen LogP contribution in [0, 0.1) is 0 Å². The summed E-state index contributed by atoms with van der Waals surface area (Å²) in [7, 11) is 0. The first-order valence-electron chi connectivity index (χ1n) is 5.98. The van der Waals surface area contributed by atoms with E-state index >= 15 is 0 Å². The van der Waals surface area contributed by atoms with Gasteiger partial charge in [-0.1, -0.05) is 6.92 Å². The van der Waals surface area contributed by atoms with E-state index in [0.717, 1.165) is 31.1 Å². The maximum atomic E-state index is 5.92. The molecule has 1 saturated heterocycles. The highest BCUT2D eigenvalue weighted by Crippen LogP contribution is 2.34. The van der Waals surface area contributed by atoms with Crippen LogP contribution in [0.2, 0.25) is 0 Å². The van der Waals surface area contributed by atoms with Crippen LogP contribution in [-0.2, 0) is 4.74 Å². The molecular weight excluding hydrogens is 318 g/mol. The van der Waals surface area contributed by atoms with Gasteiger partial charge in [-0.2, -0.15) is 11.8 Å². The minimum absolute atomic E-state index is 0.301. The van der Waals surface area contributed by atoms with Crippen molar-refractivity contribution in [1.29, 1.82) is 0 Å². The first-order valence-corrected chi connectivity index (χ1v) is 8.81. The molecule has 0 aromatic carbocycles. The highest BCUT2D eigenvalue weighted by molar-refractivity contribution is 9.10. The molecule has 0 aliphatic carbocycles. The van der Waals surface area contributed by atoms with Crippen molar-refractivity contribution in [3.8, 4) is 0 Å². The molecule has 0 spiro atoms. The summed E-state index contributed by atoms with van der Waals surface area (Å²) in [6.45, 7) is 4.12. The average Bonchev–Trinajstić information content (AvgIpc) is 2.78. The van der Waals surface area contributed by atoms with Gasteiger partial charge in [-0.3, -0.25) is 0 Å². The van der Waals surface area contributed by atoms with Crippen molar-refractivity contribution in [2.75, 3.05) is 24.7 Å². The number of thioether (sulfide) groups is 1. The second-order valence-electron chi connectivity index (χ2n) is 4.05. The SMILES string of the molecule is CCCNC(c1sccc1Br)C1CSCCO1. The molecule has 0 bridgehead atoms. The zero-order chi connectivity index (χ0) is 12.1. The molecule has 2 nitrogen and oxygen atoms in total. The van der Waals surface area contributed by atoms with E-state index in [4.69, 9.17) is 4.74 Å². The summed E-state index contributed by atoms with van der Waals surface area (Å²) >= 11 is 7.43. The second kappa shape index (κ2) is 7.14.